The Morgan fingerprint density at radius 3 is 2.90 bits per heavy atom. The fourth-order valence-electron chi connectivity index (χ4n) is 2.34. The van der Waals surface area contributed by atoms with E-state index >= 15 is 0 Å². The number of rotatable bonds is 6. The molecule has 1 aromatic rings. The first-order valence-electron chi connectivity index (χ1n) is 6.70. The molecule has 0 unspecified atom stereocenters. The molecule has 0 saturated heterocycles. The van der Waals surface area contributed by atoms with Crippen LogP contribution < -0.4 is 5.32 Å². The molecule has 1 amide bonds. The highest BCUT2D eigenvalue weighted by atomic mass is 16.5. The van der Waals surface area contributed by atoms with Gasteiger partial charge in [-0.1, -0.05) is 0 Å². The number of aromatic carboxylic acids is 1. The second kappa shape index (κ2) is 6.47. The molecule has 0 bridgehead atoms. The van der Waals surface area contributed by atoms with Crippen LogP contribution in [-0.2, 0) is 9.53 Å². The zero-order valence-electron chi connectivity index (χ0n) is 11.3. The number of amides is 1. The predicted molar refractivity (Wildman–Crippen MR) is 72.6 cm³/mol. The van der Waals surface area contributed by atoms with Crippen LogP contribution in [0.15, 0.2) is 18.3 Å². The molecule has 0 aromatic carbocycles. The summed E-state index contributed by atoms with van der Waals surface area (Å²) < 4.78 is 5.44. The highest BCUT2D eigenvalue weighted by Gasteiger charge is 2.31. The molecule has 6 heteroatoms. The van der Waals surface area contributed by atoms with Gasteiger partial charge in [0.15, 0.2) is 0 Å². The van der Waals surface area contributed by atoms with Gasteiger partial charge < -0.3 is 15.2 Å². The molecule has 0 radical (unpaired) electrons. The fraction of sp³-hybridized carbons (Fsp3) is 0.500. The van der Waals surface area contributed by atoms with Crippen molar-refractivity contribution in [2.75, 3.05) is 11.9 Å². The van der Waals surface area contributed by atoms with E-state index in [1.165, 1.54) is 18.3 Å². The molecule has 1 saturated carbocycles. The van der Waals surface area contributed by atoms with Crippen molar-refractivity contribution in [3.63, 3.8) is 0 Å². The van der Waals surface area contributed by atoms with Crippen molar-refractivity contribution in [2.45, 2.75) is 32.3 Å². The summed E-state index contributed by atoms with van der Waals surface area (Å²) in [4.78, 5) is 26.8. The van der Waals surface area contributed by atoms with Crippen LogP contribution in [0.1, 0.15) is 36.5 Å². The quantitative estimate of drug-likeness (QED) is 0.830. The van der Waals surface area contributed by atoms with Crippen molar-refractivity contribution in [1.29, 1.82) is 0 Å². The van der Waals surface area contributed by atoms with Crippen molar-refractivity contribution in [3.05, 3.63) is 23.9 Å². The number of carbonyl (C=O) groups excluding carboxylic acids is 1. The number of anilines is 1. The largest absolute Gasteiger partial charge is 0.478 e. The monoisotopic (exact) mass is 278 g/mol. The highest BCUT2D eigenvalue weighted by Crippen LogP contribution is 2.32. The van der Waals surface area contributed by atoms with Crippen LogP contribution in [0.25, 0.3) is 0 Å². The highest BCUT2D eigenvalue weighted by molar-refractivity contribution is 5.99. The molecule has 1 fully saturated rings. The summed E-state index contributed by atoms with van der Waals surface area (Å²) >= 11 is 0. The van der Waals surface area contributed by atoms with Gasteiger partial charge in [0.25, 0.3) is 0 Å². The average molecular weight is 278 g/mol. The van der Waals surface area contributed by atoms with Crippen LogP contribution >= 0.6 is 0 Å². The molecule has 1 aliphatic rings. The molecule has 1 aromatic heterocycles. The Bertz CT molecular complexity index is 498. The topological polar surface area (TPSA) is 88.5 Å². The third-order valence-electron chi connectivity index (χ3n) is 3.36. The number of carboxylic acids is 1. The standard InChI is InChI=1S/C14H18N2O4/c1-2-20-10-6-9(7-10)8-12(17)16-13-11(14(18)19)4-3-5-15-13/h3-5,9-10H,2,6-8H2,1H3,(H,18,19)(H,15,16,17). The SMILES string of the molecule is CCOC1CC(CC(=O)Nc2ncccc2C(=O)O)C1. The smallest absolute Gasteiger partial charge is 0.339 e. The first kappa shape index (κ1) is 14.5. The van der Waals surface area contributed by atoms with Crippen molar-refractivity contribution in [1.82, 2.24) is 4.98 Å². The van der Waals surface area contributed by atoms with E-state index in [1.807, 2.05) is 6.92 Å². The maximum atomic E-state index is 11.9. The molecule has 2 N–H and O–H groups in total. The molecule has 2 rings (SSSR count). The number of hydrogen-bond donors (Lipinski definition) is 2. The minimum atomic E-state index is -1.10. The third kappa shape index (κ3) is 3.54. The van der Waals surface area contributed by atoms with Crippen molar-refractivity contribution in [2.24, 2.45) is 5.92 Å². The second-order valence-corrected chi connectivity index (χ2v) is 4.87. The van der Waals surface area contributed by atoms with Gasteiger partial charge in [-0.3, -0.25) is 4.79 Å². The van der Waals surface area contributed by atoms with Gasteiger partial charge in [0.05, 0.1) is 6.10 Å². The Hall–Kier alpha value is -1.95. The van der Waals surface area contributed by atoms with Gasteiger partial charge in [-0.2, -0.15) is 0 Å². The molecule has 108 valence electrons. The van der Waals surface area contributed by atoms with E-state index in [2.05, 4.69) is 10.3 Å². The molecule has 1 aliphatic carbocycles. The summed E-state index contributed by atoms with van der Waals surface area (Å²) in [5.41, 5.74) is 0.00153. The Morgan fingerprint density at radius 2 is 2.25 bits per heavy atom. The Morgan fingerprint density at radius 1 is 1.50 bits per heavy atom. The van der Waals surface area contributed by atoms with Gasteiger partial charge in [-0.15, -0.1) is 0 Å². The molecule has 0 atom stereocenters. The molecule has 1 heterocycles. The maximum absolute atomic E-state index is 11.9. The van der Waals surface area contributed by atoms with Gasteiger partial charge in [-0.05, 0) is 37.8 Å². The molecular weight excluding hydrogens is 260 g/mol. The Kier molecular flexibility index (Phi) is 4.68. The molecule has 6 nitrogen and oxygen atoms in total. The normalized spacial score (nSPS) is 21.1. The van der Waals surface area contributed by atoms with Crippen LogP contribution in [0.2, 0.25) is 0 Å². The van der Waals surface area contributed by atoms with E-state index in [0.29, 0.717) is 18.9 Å². The first-order chi connectivity index (χ1) is 9.60. The van der Waals surface area contributed by atoms with E-state index < -0.39 is 5.97 Å². The van der Waals surface area contributed by atoms with Gasteiger partial charge in [0, 0.05) is 19.2 Å². The molecule has 20 heavy (non-hydrogen) atoms. The summed E-state index contributed by atoms with van der Waals surface area (Å²) in [6.45, 7) is 2.65. The van der Waals surface area contributed by atoms with Gasteiger partial charge in [-0.25, -0.2) is 9.78 Å². The zero-order chi connectivity index (χ0) is 14.5. The number of aromatic nitrogens is 1. The van der Waals surface area contributed by atoms with E-state index in [0.717, 1.165) is 12.8 Å². The van der Waals surface area contributed by atoms with E-state index in [4.69, 9.17) is 9.84 Å². The molecular formula is C14H18N2O4. The number of carboxylic acid groups (broad SMARTS) is 1. The maximum Gasteiger partial charge on any atom is 0.339 e. The van der Waals surface area contributed by atoms with Crippen LogP contribution in [0, 0.1) is 5.92 Å². The summed E-state index contributed by atoms with van der Waals surface area (Å²) in [5.74, 6) is -0.895. The number of ether oxygens (including phenoxy) is 1. The Balaban J connectivity index is 1.85. The lowest BCUT2D eigenvalue weighted by Crippen LogP contribution is -2.34. The molecule has 0 spiro atoms. The summed E-state index contributed by atoms with van der Waals surface area (Å²) in [6.07, 6.45) is 3.86. The predicted octanol–water partition coefficient (Wildman–Crippen LogP) is 1.92. The van der Waals surface area contributed by atoms with Crippen molar-refractivity contribution in [3.8, 4) is 0 Å². The van der Waals surface area contributed by atoms with Crippen molar-refractivity contribution >= 4 is 17.7 Å². The Labute approximate surface area is 117 Å². The first-order valence-corrected chi connectivity index (χ1v) is 6.70. The number of hydrogen-bond acceptors (Lipinski definition) is 4. The number of carbonyl (C=O) groups is 2. The summed E-state index contributed by atoms with van der Waals surface area (Å²) in [6, 6.07) is 2.94. The molecule has 0 aliphatic heterocycles. The van der Waals surface area contributed by atoms with E-state index in [9.17, 15) is 9.59 Å². The number of nitrogens with zero attached hydrogens (tertiary/aromatic N) is 1. The van der Waals surface area contributed by atoms with E-state index in [1.54, 1.807) is 0 Å². The van der Waals surface area contributed by atoms with Crippen LogP contribution in [0.4, 0.5) is 5.82 Å². The van der Waals surface area contributed by atoms with Gasteiger partial charge in [0.2, 0.25) is 5.91 Å². The lowest BCUT2D eigenvalue weighted by Gasteiger charge is -2.34. The minimum absolute atomic E-state index is 0.00153. The van der Waals surface area contributed by atoms with Crippen LogP contribution in [-0.4, -0.2) is 34.7 Å². The van der Waals surface area contributed by atoms with Gasteiger partial charge in [0.1, 0.15) is 11.4 Å². The lowest BCUT2D eigenvalue weighted by atomic mass is 9.80. The summed E-state index contributed by atoms with van der Waals surface area (Å²) in [5, 5.41) is 11.6. The second-order valence-electron chi connectivity index (χ2n) is 4.87. The number of pyridine rings is 1. The van der Waals surface area contributed by atoms with Crippen molar-refractivity contribution < 1.29 is 19.4 Å². The third-order valence-corrected chi connectivity index (χ3v) is 3.36. The lowest BCUT2D eigenvalue weighted by molar-refractivity contribution is -0.119. The van der Waals surface area contributed by atoms with Crippen LogP contribution in [0.3, 0.4) is 0 Å². The zero-order valence-corrected chi connectivity index (χ0v) is 11.3. The summed E-state index contributed by atoms with van der Waals surface area (Å²) in [7, 11) is 0. The minimum Gasteiger partial charge on any atom is -0.478 e. The van der Waals surface area contributed by atoms with Gasteiger partial charge >= 0.3 is 5.97 Å². The average Bonchev–Trinajstić information content (AvgIpc) is 2.36. The van der Waals surface area contributed by atoms with E-state index in [-0.39, 0.29) is 23.4 Å². The van der Waals surface area contributed by atoms with Crippen LogP contribution in [0.5, 0.6) is 0 Å². The number of nitrogens with one attached hydrogen (secondary N) is 1. The fourth-order valence-corrected chi connectivity index (χ4v) is 2.34.